The van der Waals surface area contributed by atoms with Gasteiger partial charge in [-0.2, -0.15) is 0 Å². The first kappa shape index (κ1) is 26.2. The van der Waals surface area contributed by atoms with Crippen LogP contribution in [0.1, 0.15) is 70.3 Å². The molecule has 176 valence electrons. The molecule has 7 heteroatoms. The van der Waals surface area contributed by atoms with E-state index in [4.69, 9.17) is 4.74 Å². The zero-order valence-electron chi connectivity index (χ0n) is 19.5. The van der Waals surface area contributed by atoms with Crippen molar-refractivity contribution >= 4 is 35.8 Å². The van der Waals surface area contributed by atoms with Crippen LogP contribution in [0.15, 0.2) is 23.3 Å². The molecule has 1 saturated carbocycles. The smallest absolute Gasteiger partial charge is 0.191 e. The van der Waals surface area contributed by atoms with Crippen LogP contribution in [0, 0.1) is 5.41 Å². The van der Waals surface area contributed by atoms with E-state index in [1.807, 2.05) is 13.2 Å². The molecule has 6 nitrogen and oxygen atoms in total. The Morgan fingerprint density at radius 2 is 1.87 bits per heavy atom. The van der Waals surface area contributed by atoms with Crippen molar-refractivity contribution < 1.29 is 4.74 Å². The van der Waals surface area contributed by atoms with E-state index in [0.717, 1.165) is 57.6 Å². The molecular weight excluding hydrogens is 501 g/mol. The Kier molecular flexibility index (Phi) is 11.9. The number of anilines is 1. The van der Waals surface area contributed by atoms with Gasteiger partial charge in [0.1, 0.15) is 5.82 Å². The second kappa shape index (κ2) is 14.1. The summed E-state index contributed by atoms with van der Waals surface area (Å²) in [5.41, 5.74) is 1.60. The van der Waals surface area contributed by atoms with Crippen molar-refractivity contribution in [3.63, 3.8) is 0 Å². The van der Waals surface area contributed by atoms with Crippen LogP contribution in [0.5, 0.6) is 0 Å². The third-order valence-electron chi connectivity index (χ3n) is 6.70. The van der Waals surface area contributed by atoms with Gasteiger partial charge in [-0.3, -0.25) is 4.99 Å². The summed E-state index contributed by atoms with van der Waals surface area (Å²) in [7, 11) is 1.85. The molecule has 3 rings (SSSR count). The van der Waals surface area contributed by atoms with Crippen molar-refractivity contribution in [1.82, 2.24) is 15.6 Å². The van der Waals surface area contributed by atoms with E-state index in [-0.39, 0.29) is 24.0 Å². The van der Waals surface area contributed by atoms with Crippen molar-refractivity contribution in [3.05, 3.63) is 23.9 Å². The number of ether oxygens (including phenoxy) is 1. The number of rotatable bonds is 9. The number of hydrogen-bond donors (Lipinski definition) is 2. The quantitative estimate of drug-likeness (QED) is 0.204. The summed E-state index contributed by atoms with van der Waals surface area (Å²) < 4.78 is 5.64. The lowest BCUT2D eigenvalue weighted by atomic mass is 9.83. The Morgan fingerprint density at radius 1 is 1.13 bits per heavy atom. The van der Waals surface area contributed by atoms with Crippen LogP contribution in [0.25, 0.3) is 0 Å². The number of hydrogen-bond acceptors (Lipinski definition) is 4. The predicted molar refractivity (Wildman–Crippen MR) is 141 cm³/mol. The minimum Gasteiger partial charge on any atom is -0.382 e. The maximum absolute atomic E-state index is 5.64. The number of halogens is 1. The first-order chi connectivity index (χ1) is 14.7. The van der Waals surface area contributed by atoms with E-state index in [2.05, 4.69) is 44.6 Å². The van der Waals surface area contributed by atoms with Crippen LogP contribution in [0.2, 0.25) is 0 Å². The highest BCUT2D eigenvalue weighted by atomic mass is 127. The number of nitrogens with one attached hydrogen (secondary N) is 2. The molecule has 0 spiro atoms. The molecule has 31 heavy (non-hydrogen) atoms. The maximum atomic E-state index is 5.64. The zero-order valence-corrected chi connectivity index (χ0v) is 21.8. The highest BCUT2D eigenvalue weighted by molar-refractivity contribution is 14.0. The molecule has 2 N–H and O–H groups in total. The summed E-state index contributed by atoms with van der Waals surface area (Å²) in [5.74, 6) is 1.99. The minimum absolute atomic E-state index is 0. The van der Waals surface area contributed by atoms with Gasteiger partial charge in [0.25, 0.3) is 0 Å². The lowest BCUT2D eigenvalue weighted by molar-refractivity contribution is 0.105. The molecule has 0 unspecified atom stereocenters. The molecule has 1 aromatic rings. The van der Waals surface area contributed by atoms with Gasteiger partial charge < -0.3 is 20.3 Å². The molecule has 1 aliphatic carbocycles. The normalized spacial score (nSPS) is 18.9. The van der Waals surface area contributed by atoms with Gasteiger partial charge in [-0.25, -0.2) is 4.98 Å². The van der Waals surface area contributed by atoms with Crippen molar-refractivity contribution in [2.24, 2.45) is 10.4 Å². The average Bonchev–Trinajstić information content (AvgIpc) is 3.06. The van der Waals surface area contributed by atoms with Crippen LogP contribution >= 0.6 is 24.0 Å². The van der Waals surface area contributed by atoms with Crippen molar-refractivity contribution in [2.75, 3.05) is 44.8 Å². The Balaban J connectivity index is 0.00000341. The highest BCUT2D eigenvalue weighted by Crippen LogP contribution is 2.40. The molecule has 1 saturated heterocycles. The molecule has 0 amide bonds. The maximum Gasteiger partial charge on any atom is 0.191 e. The minimum atomic E-state index is 0. The van der Waals surface area contributed by atoms with Gasteiger partial charge in [0, 0.05) is 52.6 Å². The largest absolute Gasteiger partial charge is 0.382 e. The van der Waals surface area contributed by atoms with Crippen LogP contribution in [0.4, 0.5) is 5.82 Å². The molecule has 1 aliphatic heterocycles. The Bertz CT molecular complexity index is 655. The lowest BCUT2D eigenvalue weighted by Gasteiger charge is -2.30. The summed E-state index contributed by atoms with van der Waals surface area (Å²) in [5, 5.41) is 7.09. The standard InChI is InChI=1S/C24H41N5O.HI/c1-3-30-17-13-24(11-6-7-12-24)20-28-23(25-2)27-19-21-10-14-26-22(18-21)29-15-8-4-5-9-16-29;/h10,14,18H,3-9,11-13,15-17,19-20H2,1-2H3,(H2,25,27,28);1H. The van der Waals surface area contributed by atoms with E-state index in [9.17, 15) is 0 Å². The van der Waals surface area contributed by atoms with E-state index in [1.54, 1.807) is 0 Å². The fourth-order valence-electron chi connectivity index (χ4n) is 4.79. The monoisotopic (exact) mass is 543 g/mol. The molecular formula is C24H42IN5O. The summed E-state index contributed by atoms with van der Waals surface area (Å²) in [6.07, 6.45) is 13.5. The summed E-state index contributed by atoms with van der Waals surface area (Å²) in [6, 6.07) is 4.33. The van der Waals surface area contributed by atoms with E-state index in [0.29, 0.717) is 5.41 Å². The van der Waals surface area contributed by atoms with E-state index < -0.39 is 0 Å². The third kappa shape index (κ3) is 8.40. The van der Waals surface area contributed by atoms with E-state index >= 15 is 0 Å². The fourth-order valence-corrected chi connectivity index (χ4v) is 4.79. The summed E-state index contributed by atoms with van der Waals surface area (Å²) in [6.45, 7) is 7.71. The number of aliphatic imine (C=N–C) groups is 1. The van der Waals surface area contributed by atoms with Crippen LogP contribution in [-0.4, -0.2) is 50.8 Å². The number of pyridine rings is 1. The SMILES string of the molecule is CCOCCC1(CNC(=NC)NCc2ccnc(N3CCCCCC3)c2)CCCC1.I. The van der Waals surface area contributed by atoms with Crippen molar-refractivity contribution in [1.29, 1.82) is 0 Å². The van der Waals surface area contributed by atoms with Crippen molar-refractivity contribution in [3.8, 4) is 0 Å². The molecule has 1 aromatic heterocycles. The average molecular weight is 544 g/mol. The van der Waals surface area contributed by atoms with Crippen molar-refractivity contribution in [2.45, 2.75) is 71.3 Å². The Morgan fingerprint density at radius 3 is 2.55 bits per heavy atom. The van der Waals surface area contributed by atoms with Crippen LogP contribution in [0.3, 0.4) is 0 Å². The Hall–Kier alpha value is -1.09. The second-order valence-electron chi connectivity index (χ2n) is 8.86. The molecule has 2 aliphatic rings. The Labute approximate surface area is 206 Å². The molecule has 2 heterocycles. The molecule has 0 radical (unpaired) electrons. The molecule has 0 bridgehead atoms. The van der Waals surface area contributed by atoms with Gasteiger partial charge in [-0.1, -0.05) is 25.7 Å². The van der Waals surface area contributed by atoms with Gasteiger partial charge in [0.05, 0.1) is 0 Å². The lowest BCUT2D eigenvalue weighted by Crippen LogP contribution is -2.43. The summed E-state index contributed by atoms with van der Waals surface area (Å²) >= 11 is 0. The fraction of sp³-hybridized carbons (Fsp3) is 0.750. The highest BCUT2D eigenvalue weighted by Gasteiger charge is 2.33. The first-order valence-corrected chi connectivity index (χ1v) is 12.0. The van der Waals surface area contributed by atoms with Crippen LogP contribution < -0.4 is 15.5 Å². The van der Waals surface area contributed by atoms with Gasteiger partial charge in [0.2, 0.25) is 0 Å². The topological polar surface area (TPSA) is 61.8 Å². The number of guanidine groups is 1. The van der Waals surface area contributed by atoms with Gasteiger partial charge in [0.15, 0.2) is 5.96 Å². The second-order valence-corrected chi connectivity index (χ2v) is 8.86. The van der Waals surface area contributed by atoms with E-state index in [1.165, 1.54) is 56.9 Å². The van der Waals surface area contributed by atoms with Gasteiger partial charge in [-0.05, 0) is 62.1 Å². The number of aromatic nitrogens is 1. The molecule has 0 atom stereocenters. The van der Waals surface area contributed by atoms with Gasteiger partial charge >= 0.3 is 0 Å². The first-order valence-electron chi connectivity index (χ1n) is 12.0. The van der Waals surface area contributed by atoms with Gasteiger partial charge in [-0.15, -0.1) is 24.0 Å². The third-order valence-corrected chi connectivity index (χ3v) is 6.70. The predicted octanol–water partition coefficient (Wildman–Crippen LogP) is 4.73. The van der Waals surface area contributed by atoms with Crippen LogP contribution in [-0.2, 0) is 11.3 Å². The zero-order chi connectivity index (χ0) is 21.1. The molecule has 0 aromatic carbocycles. The number of nitrogens with zero attached hydrogens (tertiary/aromatic N) is 3. The molecule has 2 fully saturated rings. The summed E-state index contributed by atoms with van der Waals surface area (Å²) in [4.78, 5) is 11.5.